The Balaban J connectivity index is 1.47. The Bertz CT molecular complexity index is 736. The van der Waals surface area contributed by atoms with Crippen molar-refractivity contribution in [2.45, 2.75) is 77.2 Å². The molecule has 1 aliphatic carbocycles. The first-order valence-electron chi connectivity index (χ1n) is 11.2. The molecule has 3 rings (SSSR count). The van der Waals surface area contributed by atoms with Crippen molar-refractivity contribution in [3.63, 3.8) is 0 Å². The van der Waals surface area contributed by atoms with Gasteiger partial charge in [0.2, 0.25) is 5.91 Å². The average molecular weight is 436 g/mol. The van der Waals surface area contributed by atoms with Gasteiger partial charge in [0.1, 0.15) is 5.69 Å². The van der Waals surface area contributed by atoms with Gasteiger partial charge in [-0.3, -0.25) is 14.4 Å². The quantitative estimate of drug-likeness (QED) is 0.662. The number of nitrogens with one attached hydrogen (secondary N) is 1. The molecule has 2 heterocycles. The van der Waals surface area contributed by atoms with Gasteiger partial charge >= 0.3 is 5.97 Å². The number of rotatable bonds is 7. The number of thiazole rings is 1. The molecule has 2 amide bonds. The molecule has 1 aromatic heterocycles. The highest BCUT2D eigenvalue weighted by molar-refractivity contribution is 7.09. The lowest BCUT2D eigenvalue weighted by molar-refractivity contribution is -0.143. The third kappa shape index (κ3) is 6.03. The monoisotopic (exact) mass is 435 g/mol. The van der Waals surface area contributed by atoms with Crippen molar-refractivity contribution >= 4 is 29.1 Å². The molecular weight excluding hydrogens is 402 g/mol. The van der Waals surface area contributed by atoms with Crippen molar-refractivity contribution in [2.75, 3.05) is 19.7 Å². The van der Waals surface area contributed by atoms with Crippen molar-refractivity contribution in [3.05, 3.63) is 16.1 Å². The number of amides is 2. The lowest BCUT2D eigenvalue weighted by Crippen LogP contribution is -2.41. The van der Waals surface area contributed by atoms with Crippen LogP contribution in [-0.2, 0) is 14.3 Å². The van der Waals surface area contributed by atoms with Gasteiger partial charge in [0.05, 0.1) is 18.0 Å². The van der Waals surface area contributed by atoms with Gasteiger partial charge < -0.3 is 15.0 Å². The lowest BCUT2D eigenvalue weighted by atomic mass is 9.87. The maximum absolute atomic E-state index is 12.7. The van der Waals surface area contributed by atoms with Crippen LogP contribution in [0.25, 0.3) is 0 Å². The predicted molar refractivity (Wildman–Crippen MR) is 115 cm³/mol. The van der Waals surface area contributed by atoms with E-state index in [1.165, 1.54) is 30.6 Å². The van der Waals surface area contributed by atoms with E-state index in [4.69, 9.17) is 4.74 Å². The molecule has 0 radical (unpaired) electrons. The van der Waals surface area contributed by atoms with Crippen LogP contribution >= 0.6 is 11.3 Å². The van der Waals surface area contributed by atoms with Crippen molar-refractivity contribution in [3.8, 4) is 0 Å². The van der Waals surface area contributed by atoms with E-state index >= 15 is 0 Å². The Labute approximate surface area is 182 Å². The first-order chi connectivity index (χ1) is 14.5. The molecule has 30 heavy (non-hydrogen) atoms. The predicted octanol–water partition coefficient (Wildman–Crippen LogP) is 3.50. The van der Waals surface area contributed by atoms with Crippen LogP contribution in [0.5, 0.6) is 0 Å². The molecule has 1 N–H and O–H groups in total. The number of esters is 1. The minimum Gasteiger partial charge on any atom is -0.466 e. The van der Waals surface area contributed by atoms with Gasteiger partial charge in [-0.05, 0) is 39.5 Å². The minimum absolute atomic E-state index is 0.143. The molecule has 2 aliphatic rings. The zero-order chi connectivity index (χ0) is 21.5. The van der Waals surface area contributed by atoms with Crippen LogP contribution in [0.4, 0.5) is 0 Å². The molecule has 166 valence electrons. The molecular formula is C22H33N3O4S. The van der Waals surface area contributed by atoms with E-state index in [-0.39, 0.29) is 30.3 Å². The summed E-state index contributed by atoms with van der Waals surface area (Å²) in [6.45, 7) is 5.42. The number of likely N-dealkylation sites (tertiary alicyclic amines) is 1. The Hall–Kier alpha value is -1.96. The average Bonchev–Trinajstić information content (AvgIpc) is 3.24. The molecule has 8 heteroatoms. The highest BCUT2D eigenvalue weighted by Crippen LogP contribution is 2.32. The highest BCUT2D eigenvalue weighted by atomic mass is 32.1. The molecule has 1 aliphatic heterocycles. The smallest absolute Gasteiger partial charge is 0.307 e. The first-order valence-corrected chi connectivity index (χ1v) is 12.1. The molecule has 0 aromatic carbocycles. The minimum atomic E-state index is -0.321. The molecule has 1 saturated heterocycles. The topological polar surface area (TPSA) is 88.6 Å². The lowest BCUT2D eigenvalue weighted by Gasteiger charge is -2.34. The number of piperidine rings is 1. The van der Waals surface area contributed by atoms with Crippen molar-refractivity contribution in [2.24, 2.45) is 5.92 Å². The second-order valence-electron chi connectivity index (χ2n) is 8.39. The molecule has 0 bridgehead atoms. The Kier molecular flexibility index (Phi) is 8.24. The summed E-state index contributed by atoms with van der Waals surface area (Å²) in [4.78, 5) is 43.3. The Morgan fingerprint density at radius 3 is 2.57 bits per heavy atom. The van der Waals surface area contributed by atoms with Gasteiger partial charge in [-0.25, -0.2) is 4.98 Å². The molecule has 1 unspecified atom stereocenters. The van der Waals surface area contributed by atoms with Gasteiger partial charge in [-0.2, -0.15) is 0 Å². The van der Waals surface area contributed by atoms with Crippen LogP contribution in [0.1, 0.15) is 86.6 Å². The fourth-order valence-electron chi connectivity index (χ4n) is 4.35. The third-order valence-corrected chi connectivity index (χ3v) is 7.03. The maximum Gasteiger partial charge on any atom is 0.307 e. The number of carbonyl (C=O) groups is 3. The van der Waals surface area contributed by atoms with E-state index in [0.717, 1.165) is 43.8 Å². The summed E-state index contributed by atoms with van der Waals surface area (Å²) in [7, 11) is 0. The summed E-state index contributed by atoms with van der Waals surface area (Å²) in [6.07, 6.45) is 7.62. The molecule has 0 spiro atoms. The summed E-state index contributed by atoms with van der Waals surface area (Å²) in [5, 5.41) is 5.55. The summed E-state index contributed by atoms with van der Waals surface area (Å²) in [6, 6.07) is -0.310. The van der Waals surface area contributed by atoms with Crippen molar-refractivity contribution < 1.29 is 19.1 Å². The van der Waals surface area contributed by atoms with Crippen LogP contribution in [0.15, 0.2) is 5.38 Å². The summed E-state index contributed by atoms with van der Waals surface area (Å²) in [5.41, 5.74) is 0.395. The summed E-state index contributed by atoms with van der Waals surface area (Å²) >= 11 is 1.50. The fraction of sp³-hybridized carbons (Fsp3) is 0.727. The number of carbonyl (C=O) groups excluding carboxylic acids is 3. The SMILES string of the molecule is CCOC(=O)CC(C)NC(=O)c1csc(C2CCN(C(=O)C3CCCCC3)CC2)n1. The maximum atomic E-state index is 12.7. The number of hydrogen-bond acceptors (Lipinski definition) is 6. The van der Waals surface area contributed by atoms with Crippen molar-refractivity contribution in [1.82, 2.24) is 15.2 Å². The van der Waals surface area contributed by atoms with Crippen LogP contribution in [0.3, 0.4) is 0 Å². The molecule has 1 aromatic rings. The second-order valence-corrected chi connectivity index (χ2v) is 9.28. The first kappa shape index (κ1) is 22.7. The summed E-state index contributed by atoms with van der Waals surface area (Å²) in [5.74, 6) is 0.270. The zero-order valence-electron chi connectivity index (χ0n) is 18.0. The van der Waals surface area contributed by atoms with Gasteiger partial charge in [0.15, 0.2) is 0 Å². The van der Waals surface area contributed by atoms with Crippen molar-refractivity contribution in [1.29, 1.82) is 0 Å². The van der Waals surface area contributed by atoms with E-state index in [9.17, 15) is 14.4 Å². The van der Waals surface area contributed by atoms with Crippen LogP contribution in [0, 0.1) is 5.92 Å². The van der Waals surface area contributed by atoms with E-state index in [2.05, 4.69) is 10.3 Å². The third-order valence-electron chi connectivity index (χ3n) is 6.02. The van der Waals surface area contributed by atoms with E-state index < -0.39 is 0 Å². The van der Waals surface area contributed by atoms with E-state index in [1.807, 2.05) is 4.90 Å². The number of nitrogens with zero attached hydrogens (tertiary/aromatic N) is 2. The van der Waals surface area contributed by atoms with Crippen LogP contribution in [0.2, 0.25) is 0 Å². The number of hydrogen-bond donors (Lipinski definition) is 1. The molecule has 2 fully saturated rings. The van der Waals surface area contributed by atoms with Crippen LogP contribution in [-0.4, -0.2) is 53.4 Å². The van der Waals surface area contributed by atoms with E-state index in [1.54, 1.807) is 19.2 Å². The Morgan fingerprint density at radius 1 is 1.20 bits per heavy atom. The normalized spacial score (nSPS) is 19.3. The summed E-state index contributed by atoms with van der Waals surface area (Å²) < 4.78 is 4.92. The van der Waals surface area contributed by atoms with E-state index in [0.29, 0.717) is 24.1 Å². The molecule has 1 saturated carbocycles. The fourth-order valence-corrected chi connectivity index (χ4v) is 5.32. The van der Waals surface area contributed by atoms with Crippen LogP contribution < -0.4 is 5.32 Å². The van der Waals surface area contributed by atoms with Gasteiger partial charge in [0.25, 0.3) is 5.91 Å². The largest absolute Gasteiger partial charge is 0.466 e. The highest BCUT2D eigenvalue weighted by Gasteiger charge is 2.30. The Morgan fingerprint density at radius 2 is 1.90 bits per heavy atom. The molecule has 1 atom stereocenters. The second kappa shape index (κ2) is 10.9. The number of ether oxygens (including phenoxy) is 1. The van der Waals surface area contributed by atoms with Gasteiger partial charge in [-0.15, -0.1) is 11.3 Å². The van der Waals surface area contributed by atoms with Gasteiger partial charge in [-0.1, -0.05) is 19.3 Å². The zero-order valence-corrected chi connectivity index (χ0v) is 18.8. The standard InChI is InChI=1S/C22H33N3O4S/c1-3-29-19(26)13-15(2)23-20(27)18-14-30-21(24-18)16-9-11-25(12-10-16)22(28)17-7-5-4-6-8-17/h14-17H,3-13H2,1-2H3,(H,23,27). The molecule has 7 nitrogen and oxygen atoms in total. The van der Waals surface area contributed by atoms with Gasteiger partial charge in [0, 0.05) is 36.3 Å². The number of aromatic nitrogens is 1.